The van der Waals surface area contributed by atoms with E-state index in [0.29, 0.717) is 18.0 Å². The van der Waals surface area contributed by atoms with Gasteiger partial charge in [-0.3, -0.25) is 9.69 Å². The molecular weight excluding hydrogens is 330 g/mol. The average Bonchev–Trinajstić information content (AvgIpc) is 3.38. The van der Waals surface area contributed by atoms with Gasteiger partial charge in [0.2, 0.25) is 5.91 Å². The van der Waals surface area contributed by atoms with Gasteiger partial charge in [0, 0.05) is 11.5 Å². The van der Waals surface area contributed by atoms with Crippen molar-refractivity contribution in [2.75, 3.05) is 4.90 Å². The highest BCUT2D eigenvalue weighted by Gasteiger charge is 2.35. The molecule has 0 saturated heterocycles. The first-order chi connectivity index (χ1) is 12.0. The molecular formula is C20H23N3OS. The Bertz CT molecular complexity index is 815. The average molecular weight is 353 g/mol. The van der Waals surface area contributed by atoms with Crippen LogP contribution in [0.1, 0.15) is 49.1 Å². The Morgan fingerprint density at radius 2 is 2.20 bits per heavy atom. The molecule has 1 aliphatic carbocycles. The van der Waals surface area contributed by atoms with E-state index in [9.17, 15) is 4.79 Å². The van der Waals surface area contributed by atoms with Crippen molar-refractivity contribution in [3.63, 3.8) is 0 Å². The maximum absolute atomic E-state index is 12.9. The van der Waals surface area contributed by atoms with Crippen LogP contribution in [0, 0.1) is 30.1 Å². The van der Waals surface area contributed by atoms with Crippen LogP contribution in [0.5, 0.6) is 0 Å². The molecule has 0 spiro atoms. The number of benzene rings is 1. The first-order valence-electron chi connectivity index (χ1n) is 8.75. The molecule has 0 bridgehead atoms. The molecule has 0 unspecified atom stereocenters. The third kappa shape index (κ3) is 4.08. The van der Waals surface area contributed by atoms with Crippen molar-refractivity contribution in [2.24, 2.45) is 11.8 Å². The molecule has 0 N–H and O–H groups in total. The van der Waals surface area contributed by atoms with E-state index in [-0.39, 0.29) is 11.8 Å². The summed E-state index contributed by atoms with van der Waals surface area (Å²) in [6.45, 7) is 6.92. The van der Waals surface area contributed by atoms with Crippen LogP contribution in [0.3, 0.4) is 0 Å². The van der Waals surface area contributed by atoms with Crippen LogP contribution in [0.4, 0.5) is 5.00 Å². The number of aromatic nitrogens is 1. The fourth-order valence-corrected chi connectivity index (χ4v) is 3.83. The molecule has 3 rings (SSSR count). The van der Waals surface area contributed by atoms with Crippen molar-refractivity contribution in [1.29, 1.82) is 5.26 Å². The predicted octanol–water partition coefficient (Wildman–Crippen LogP) is 4.46. The third-order valence-corrected chi connectivity index (χ3v) is 5.44. The quantitative estimate of drug-likeness (QED) is 0.770. The molecule has 0 atom stereocenters. The summed E-state index contributed by atoms with van der Waals surface area (Å²) in [4.78, 5) is 14.8. The number of hydrogen-bond acceptors (Lipinski definition) is 4. The number of carbonyl (C=O) groups excluding carboxylic acids is 1. The molecule has 1 amide bonds. The second kappa shape index (κ2) is 7.37. The number of amides is 1. The number of hydrogen-bond donors (Lipinski definition) is 0. The monoisotopic (exact) mass is 353 g/mol. The summed E-state index contributed by atoms with van der Waals surface area (Å²) >= 11 is 1.42. The Labute approximate surface area is 153 Å². The van der Waals surface area contributed by atoms with Gasteiger partial charge in [-0.1, -0.05) is 26.0 Å². The molecule has 1 heterocycles. The minimum absolute atomic E-state index is 0.147. The standard InChI is InChI=1S/C20H23N3OS/c1-13(2)9-18-14(3)20(25-22-18)23(19(24)17-7-8-17)12-16-6-4-5-15(10-16)11-21/h4-6,10,13,17H,7-9,12H2,1-3H3. The second-order valence-corrected chi connectivity index (χ2v) is 7.92. The van der Waals surface area contributed by atoms with Crippen LogP contribution >= 0.6 is 11.5 Å². The summed E-state index contributed by atoms with van der Waals surface area (Å²) in [7, 11) is 0. The number of carbonyl (C=O) groups is 1. The third-order valence-electron chi connectivity index (χ3n) is 4.43. The van der Waals surface area contributed by atoms with Gasteiger partial charge in [0.1, 0.15) is 5.00 Å². The predicted molar refractivity (Wildman–Crippen MR) is 100 cm³/mol. The van der Waals surface area contributed by atoms with E-state index in [1.54, 1.807) is 6.07 Å². The van der Waals surface area contributed by atoms with E-state index < -0.39 is 0 Å². The van der Waals surface area contributed by atoms with Crippen LogP contribution < -0.4 is 4.90 Å². The molecule has 2 aromatic rings. The lowest BCUT2D eigenvalue weighted by molar-refractivity contribution is -0.119. The lowest BCUT2D eigenvalue weighted by Gasteiger charge is -2.22. The van der Waals surface area contributed by atoms with Gasteiger partial charge in [0.15, 0.2) is 0 Å². The molecule has 1 aromatic heterocycles. The van der Waals surface area contributed by atoms with Crippen LogP contribution in [0.15, 0.2) is 24.3 Å². The number of nitriles is 1. The van der Waals surface area contributed by atoms with Gasteiger partial charge < -0.3 is 0 Å². The van der Waals surface area contributed by atoms with Gasteiger partial charge in [-0.25, -0.2) is 0 Å². The van der Waals surface area contributed by atoms with Crippen molar-refractivity contribution >= 4 is 22.4 Å². The van der Waals surface area contributed by atoms with Gasteiger partial charge in [0.05, 0.1) is 23.9 Å². The molecule has 25 heavy (non-hydrogen) atoms. The minimum Gasteiger partial charge on any atom is -0.298 e. The lowest BCUT2D eigenvalue weighted by atomic mass is 10.1. The summed E-state index contributed by atoms with van der Waals surface area (Å²) in [6, 6.07) is 9.66. The maximum atomic E-state index is 12.9. The molecule has 1 aromatic carbocycles. The van der Waals surface area contributed by atoms with E-state index in [1.807, 2.05) is 23.1 Å². The molecule has 0 aliphatic heterocycles. The molecule has 5 heteroatoms. The summed E-state index contributed by atoms with van der Waals surface area (Å²) in [5.74, 6) is 0.868. The van der Waals surface area contributed by atoms with Crippen LogP contribution in [0.25, 0.3) is 0 Å². The largest absolute Gasteiger partial charge is 0.298 e. The van der Waals surface area contributed by atoms with Crippen LogP contribution in [0.2, 0.25) is 0 Å². The van der Waals surface area contributed by atoms with E-state index in [2.05, 4.69) is 31.2 Å². The zero-order chi connectivity index (χ0) is 18.0. The molecule has 0 radical (unpaired) electrons. The first kappa shape index (κ1) is 17.6. The van der Waals surface area contributed by atoms with E-state index in [0.717, 1.165) is 41.1 Å². The highest BCUT2D eigenvalue weighted by atomic mass is 32.1. The maximum Gasteiger partial charge on any atom is 0.231 e. The SMILES string of the molecule is Cc1c(CC(C)C)nsc1N(Cc1cccc(C#N)c1)C(=O)C1CC1. The lowest BCUT2D eigenvalue weighted by Crippen LogP contribution is -2.31. The van der Waals surface area contributed by atoms with Crippen molar-refractivity contribution in [3.05, 3.63) is 46.6 Å². The van der Waals surface area contributed by atoms with Crippen molar-refractivity contribution in [3.8, 4) is 6.07 Å². The molecule has 1 fully saturated rings. The van der Waals surface area contributed by atoms with Gasteiger partial charge in [-0.15, -0.1) is 0 Å². The number of nitrogens with zero attached hydrogens (tertiary/aromatic N) is 3. The molecule has 130 valence electrons. The van der Waals surface area contributed by atoms with Crippen molar-refractivity contribution in [2.45, 2.75) is 46.6 Å². The zero-order valence-corrected chi connectivity index (χ0v) is 15.8. The Morgan fingerprint density at radius 1 is 1.44 bits per heavy atom. The fraction of sp³-hybridized carbons (Fsp3) is 0.450. The first-order valence-corrected chi connectivity index (χ1v) is 9.52. The van der Waals surface area contributed by atoms with E-state index in [4.69, 9.17) is 5.26 Å². The van der Waals surface area contributed by atoms with E-state index in [1.165, 1.54) is 11.5 Å². The van der Waals surface area contributed by atoms with Crippen LogP contribution in [-0.4, -0.2) is 10.3 Å². The number of anilines is 1. The second-order valence-electron chi connectivity index (χ2n) is 7.17. The number of rotatable bonds is 6. The normalized spacial score (nSPS) is 13.7. The highest BCUT2D eigenvalue weighted by Crippen LogP contribution is 2.37. The summed E-state index contributed by atoms with van der Waals surface area (Å²) < 4.78 is 4.61. The minimum atomic E-state index is 0.147. The summed E-state index contributed by atoms with van der Waals surface area (Å²) in [6.07, 6.45) is 2.88. The highest BCUT2D eigenvalue weighted by molar-refractivity contribution is 7.10. The summed E-state index contributed by atoms with van der Waals surface area (Å²) in [5.41, 5.74) is 3.81. The van der Waals surface area contributed by atoms with Crippen molar-refractivity contribution < 1.29 is 4.79 Å². The Kier molecular flexibility index (Phi) is 5.19. The fourth-order valence-electron chi connectivity index (χ4n) is 2.91. The molecule has 4 nitrogen and oxygen atoms in total. The Morgan fingerprint density at radius 3 is 2.84 bits per heavy atom. The Balaban J connectivity index is 1.91. The van der Waals surface area contributed by atoms with Gasteiger partial charge >= 0.3 is 0 Å². The van der Waals surface area contributed by atoms with Crippen LogP contribution in [-0.2, 0) is 17.8 Å². The van der Waals surface area contributed by atoms with E-state index >= 15 is 0 Å². The van der Waals surface area contributed by atoms with Crippen molar-refractivity contribution in [1.82, 2.24) is 4.37 Å². The zero-order valence-electron chi connectivity index (χ0n) is 15.0. The molecule has 1 aliphatic rings. The summed E-state index contributed by atoms with van der Waals surface area (Å²) in [5, 5.41) is 10.1. The van der Waals surface area contributed by atoms with Gasteiger partial charge in [-0.05, 0) is 61.3 Å². The Hall–Kier alpha value is -2.19. The topological polar surface area (TPSA) is 57.0 Å². The smallest absolute Gasteiger partial charge is 0.231 e. The van der Waals surface area contributed by atoms with Gasteiger partial charge in [-0.2, -0.15) is 9.64 Å². The van der Waals surface area contributed by atoms with Gasteiger partial charge in [0.25, 0.3) is 0 Å². The molecule has 1 saturated carbocycles.